The van der Waals surface area contributed by atoms with E-state index in [4.69, 9.17) is 0 Å². The van der Waals surface area contributed by atoms with Gasteiger partial charge in [0.2, 0.25) is 0 Å². The predicted molar refractivity (Wildman–Crippen MR) is 111 cm³/mol. The molecule has 0 atom stereocenters. The highest BCUT2D eigenvalue weighted by molar-refractivity contribution is 7.03. The fraction of sp³-hybridized carbons (Fsp3) is 0.333. The van der Waals surface area contributed by atoms with E-state index in [0.717, 1.165) is 0 Å². The van der Waals surface area contributed by atoms with Crippen LogP contribution in [0.2, 0.25) is 39.3 Å². The third-order valence-electron chi connectivity index (χ3n) is 4.24. The average Bonchev–Trinajstić information content (AvgIpc) is 2.47. The molecule has 0 aliphatic rings. The van der Waals surface area contributed by atoms with Crippen LogP contribution in [0.1, 0.15) is 0 Å². The van der Waals surface area contributed by atoms with Crippen LogP contribution in [0.4, 0.5) is 0 Å². The molecule has 124 valence electrons. The summed E-state index contributed by atoms with van der Waals surface area (Å²) in [6.07, 6.45) is 0. The van der Waals surface area contributed by atoms with Crippen molar-refractivity contribution in [2.24, 2.45) is 0 Å². The van der Waals surface area contributed by atoms with Crippen LogP contribution in [-0.4, -0.2) is 24.9 Å². The molecule has 0 spiro atoms. The maximum Gasteiger partial charge on any atom is 0.182 e. The van der Waals surface area contributed by atoms with Gasteiger partial charge in [0.15, 0.2) is 8.40 Å². The van der Waals surface area contributed by atoms with Crippen molar-refractivity contribution in [1.82, 2.24) is 9.30 Å². The van der Waals surface area contributed by atoms with Gasteiger partial charge < -0.3 is 9.30 Å². The van der Waals surface area contributed by atoms with E-state index in [9.17, 15) is 0 Å². The minimum absolute atomic E-state index is 1.47. The van der Waals surface area contributed by atoms with E-state index < -0.39 is 24.9 Å². The summed E-state index contributed by atoms with van der Waals surface area (Å²) in [6.45, 7) is 14.5. The van der Waals surface area contributed by atoms with Gasteiger partial charge in [-0.25, -0.2) is 0 Å². The Morgan fingerprint density at radius 1 is 0.522 bits per heavy atom. The normalized spacial score (nSPS) is 13.1. The molecule has 0 fully saturated rings. The van der Waals surface area contributed by atoms with Crippen LogP contribution in [0.5, 0.6) is 0 Å². The van der Waals surface area contributed by atoms with Crippen LogP contribution in [-0.2, 0) is 0 Å². The van der Waals surface area contributed by atoms with Crippen LogP contribution in [0.15, 0.2) is 60.7 Å². The highest BCUT2D eigenvalue weighted by atomic mass is 28.4. The highest BCUT2D eigenvalue weighted by Crippen LogP contribution is 2.08. The first-order chi connectivity index (χ1) is 10.6. The monoisotopic (exact) mass is 358 g/mol. The molecule has 2 nitrogen and oxygen atoms in total. The molecule has 0 radical (unpaired) electrons. The zero-order chi connectivity index (χ0) is 17.1. The maximum absolute atomic E-state index is 4.08. The van der Waals surface area contributed by atoms with Crippen molar-refractivity contribution in [2.75, 3.05) is 0 Å². The molecule has 23 heavy (non-hydrogen) atoms. The lowest BCUT2D eigenvalue weighted by molar-refractivity contribution is 1.19. The van der Waals surface area contributed by atoms with Gasteiger partial charge in [0, 0.05) is 0 Å². The van der Waals surface area contributed by atoms with Crippen molar-refractivity contribution in [3.05, 3.63) is 60.7 Å². The first-order valence-electron chi connectivity index (χ1n) is 8.32. The number of hydrogen-bond donors (Lipinski definition) is 2. The van der Waals surface area contributed by atoms with Gasteiger partial charge in [0.25, 0.3) is 0 Å². The molecule has 2 aromatic carbocycles. The summed E-state index contributed by atoms with van der Waals surface area (Å²) in [6, 6.07) is 21.9. The molecule has 0 unspecified atom stereocenters. The Balaban J connectivity index is 2.16. The Morgan fingerprint density at radius 2 is 0.826 bits per heavy atom. The van der Waals surface area contributed by atoms with E-state index in [1.807, 2.05) is 0 Å². The second kappa shape index (κ2) is 6.86. The number of benzene rings is 2. The maximum atomic E-state index is 4.08. The van der Waals surface area contributed by atoms with E-state index in [1.54, 1.807) is 0 Å². The molecule has 0 aliphatic heterocycles. The molecule has 0 aromatic heterocycles. The smallest absolute Gasteiger partial charge is 0.182 e. The Hall–Kier alpha value is -0.989. The molecular formula is C18H30N2Si3. The van der Waals surface area contributed by atoms with Crippen LogP contribution in [0.3, 0.4) is 0 Å². The van der Waals surface area contributed by atoms with Crippen LogP contribution in [0.25, 0.3) is 0 Å². The first-order valence-corrected chi connectivity index (χ1v) is 17.3. The van der Waals surface area contributed by atoms with E-state index in [2.05, 4.69) is 109 Å². The molecule has 0 saturated carbocycles. The van der Waals surface area contributed by atoms with Gasteiger partial charge in [0.1, 0.15) is 16.5 Å². The lowest BCUT2D eigenvalue weighted by Gasteiger charge is -2.40. The fourth-order valence-corrected chi connectivity index (χ4v) is 20.0. The summed E-state index contributed by atoms with van der Waals surface area (Å²) in [5.41, 5.74) is 0. The number of hydrogen-bond acceptors (Lipinski definition) is 2. The lowest BCUT2D eigenvalue weighted by Crippen LogP contribution is -2.76. The molecule has 0 amide bonds. The Morgan fingerprint density at radius 3 is 1.13 bits per heavy atom. The number of nitrogens with one attached hydrogen (secondary N) is 2. The van der Waals surface area contributed by atoms with Crippen LogP contribution >= 0.6 is 0 Å². The SMILES string of the molecule is C[Si](C)(N[Si](C)(C)c1ccccc1)N[Si](C)(C)c1ccccc1. The zero-order valence-corrected chi connectivity index (χ0v) is 18.3. The molecule has 0 bridgehead atoms. The van der Waals surface area contributed by atoms with E-state index >= 15 is 0 Å². The van der Waals surface area contributed by atoms with Crippen molar-refractivity contribution >= 4 is 35.2 Å². The van der Waals surface area contributed by atoms with Gasteiger partial charge in [0.05, 0.1) is 0 Å². The van der Waals surface area contributed by atoms with Crippen molar-refractivity contribution < 1.29 is 0 Å². The van der Waals surface area contributed by atoms with E-state index in [0.29, 0.717) is 0 Å². The van der Waals surface area contributed by atoms with Crippen molar-refractivity contribution in [1.29, 1.82) is 0 Å². The van der Waals surface area contributed by atoms with Gasteiger partial charge >= 0.3 is 0 Å². The first kappa shape index (κ1) is 18.4. The standard InChI is InChI=1S/C18H30N2Si3/c1-21(2,17-13-9-7-10-14-17)19-23(5,6)20-22(3,4)18-15-11-8-12-16-18/h7-16,19-20H,1-6H3. The molecule has 0 saturated heterocycles. The number of rotatable bonds is 6. The summed E-state index contributed by atoms with van der Waals surface area (Å²) < 4.78 is 8.15. The third-order valence-corrected chi connectivity index (χ3v) is 17.8. The van der Waals surface area contributed by atoms with Crippen molar-refractivity contribution in [3.63, 3.8) is 0 Å². The quantitative estimate of drug-likeness (QED) is 0.775. The molecule has 5 heteroatoms. The second-order valence-corrected chi connectivity index (χ2v) is 20.8. The van der Waals surface area contributed by atoms with Crippen LogP contribution < -0.4 is 19.7 Å². The van der Waals surface area contributed by atoms with Gasteiger partial charge in [-0.3, -0.25) is 0 Å². The molecule has 2 N–H and O–H groups in total. The molecule has 2 aromatic rings. The summed E-state index contributed by atoms with van der Waals surface area (Å²) >= 11 is 0. The van der Waals surface area contributed by atoms with Gasteiger partial charge in [-0.05, 0) is 23.5 Å². The summed E-state index contributed by atoms with van der Waals surface area (Å²) in [5, 5.41) is 2.95. The minimum atomic E-state index is -1.72. The van der Waals surface area contributed by atoms with Crippen molar-refractivity contribution in [2.45, 2.75) is 39.3 Å². The third kappa shape index (κ3) is 4.99. The highest BCUT2D eigenvalue weighted by Gasteiger charge is 2.37. The molecule has 0 aliphatic carbocycles. The second-order valence-electron chi connectivity index (χ2n) is 7.86. The minimum Gasteiger partial charge on any atom is -0.344 e. The summed E-state index contributed by atoms with van der Waals surface area (Å²) in [7, 11) is -5.00. The molecule has 2 rings (SSSR count). The topological polar surface area (TPSA) is 24.1 Å². The summed E-state index contributed by atoms with van der Waals surface area (Å²) in [4.78, 5) is 0. The lowest BCUT2D eigenvalue weighted by atomic mass is 10.4. The van der Waals surface area contributed by atoms with Crippen molar-refractivity contribution in [3.8, 4) is 0 Å². The zero-order valence-electron chi connectivity index (χ0n) is 15.3. The van der Waals surface area contributed by atoms with Gasteiger partial charge in [-0.15, -0.1) is 0 Å². The molecule has 0 heterocycles. The largest absolute Gasteiger partial charge is 0.344 e. The Kier molecular flexibility index (Phi) is 5.48. The van der Waals surface area contributed by atoms with Crippen LogP contribution in [0, 0.1) is 0 Å². The average molecular weight is 359 g/mol. The van der Waals surface area contributed by atoms with E-state index in [1.165, 1.54) is 10.4 Å². The fourth-order valence-electron chi connectivity index (χ4n) is 3.45. The van der Waals surface area contributed by atoms with E-state index in [-0.39, 0.29) is 0 Å². The summed E-state index contributed by atoms with van der Waals surface area (Å²) in [5.74, 6) is 0. The van der Waals surface area contributed by atoms with Gasteiger partial charge in [-0.2, -0.15) is 0 Å². The van der Waals surface area contributed by atoms with Gasteiger partial charge in [-0.1, -0.05) is 86.9 Å². The Bertz CT molecular complexity index is 570. The Labute approximate surface area is 144 Å². The predicted octanol–water partition coefficient (Wildman–Crippen LogP) is 3.09. The molecular weight excluding hydrogens is 328 g/mol.